The molecule has 1 aliphatic rings. The number of carbonyl (C=O) groups is 1. The first kappa shape index (κ1) is 20.6. The van der Waals surface area contributed by atoms with Gasteiger partial charge in [-0.25, -0.2) is 4.79 Å². The molecule has 4 rings (SSSR count). The molecule has 10 nitrogen and oxygen atoms in total. The minimum absolute atomic E-state index is 0.0152. The molecule has 2 aromatic carbocycles. The number of non-ortho nitro benzene ring substituents is 1. The van der Waals surface area contributed by atoms with E-state index in [9.17, 15) is 19.7 Å². The van der Waals surface area contributed by atoms with E-state index in [0.717, 1.165) is 11.0 Å². The number of benzene rings is 2. The highest BCUT2D eigenvalue weighted by Crippen LogP contribution is 2.33. The van der Waals surface area contributed by atoms with E-state index >= 15 is 0 Å². The number of para-hydroxylation sites is 2. The van der Waals surface area contributed by atoms with Crippen LogP contribution in [0.1, 0.15) is 24.5 Å². The number of nitrogens with zero attached hydrogens (tertiary/aromatic N) is 3. The first-order valence-corrected chi connectivity index (χ1v) is 9.84. The van der Waals surface area contributed by atoms with E-state index in [1.54, 1.807) is 9.13 Å². The van der Waals surface area contributed by atoms with Crippen molar-refractivity contribution in [2.75, 3.05) is 6.79 Å². The SMILES string of the molecule is CCn1c(=O)n(CCC(=O)OCc2cc([N+](=O)[O-])cc3c2OCOC3)c2ccccc21. The lowest BCUT2D eigenvalue weighted by molar-refractivity contribution is -0.385. The van der Waals surface area contributed by atoms with Gasteiger partial charge in [-0.15, -0.1) is 0 Å². The Balaban J connectivity index is 1.47. The van der Waals surface area contributed by atoms with E-state index < -0.39 is 10.9 Å². The zero-order valence-electron chi connectivity index (χ0n) is 16.9. The molecule has 0 saturated heterocycles. The summed E-state index contributed by atoms with van der Waals surface area (Å²) in [4.78, 5) is 35.7. The molecule has 162 valence electrons. The second-order valence-electron chi connectivity index (χ2n) is 7.04. The minimum atomic E-state index is -0.521. The Bertz CT molecular complexity index is 1210. The van der Waals surface area contributed by atoms with E-state index in [1.165, 1.54) is 12.1 Å². The number of aryl methyl sites for hydroxylation is 2. The molecule has 1 aliphatic heterocycles. The lowest BCUT2D eigenvalue weighted by Crippen LogP contribution is -2.25. The molecule has 0 saturated carbocycles. The van der Waals surface area contributed by atoms with Crippen LogP contribution < -0.4 is 10.4 Å². The molecule has 2 heterocycles. The van der Waals surface area contributed by atoms with Crippen molar-refractivity contribution in [3.63, 3.8) is 0 Å². The molecule has 0 atom stereocenters. The number of fused-ring (bicyclic) bond motifs is 2. The third-order valence-corrected chi connectivity index (χ3v) is 5.15. The molecule has 0 bridgehead atoms. The zero-order chi connectivity index (χ0) is 22.0. The summed E-state index contributed by atoms with van der Waals surface area (Å²) in [5.74, 6) is -0.0839. The van der Waals surface area contributed by atoms with Crippen molar-refractivity contribution in [3.8, 4) is 5.75 Å². The van der Waals surface area contributed by atoms with Crippen LogP contribution in [-0.4, -0.2) is 26.8 Å². The van der Waals surface area contributed by atoms with Gasteiger partial charge in [-0.05, 0) is 19.1 Å². The van der Waals surface area contributed by atoms with Gasteiger partial charge in [-0.2, -0.15) is 0 Å². The van der Waals surface area contributed by atoms with Crippen molar-refractivity contribution in [1.29, 1.82) is 0 Å². The second kappa shape index (κ2) is 8.60. The smallest absolute Gasteiger partial charge is 0.329 e. The van der Waals surface area contributed by atoms with Crippen LogP contribution in [0.2, 0.25) is 0 Å². The van der Waals surface area contributed by atoms with E-state index in [0.29, 0.717) is 23.4 Å². The third-order valence-electron chi connectivity index (χ3n) is 5.15. The van der Waals surface area contributed by atoms with Crippen LogP contribution in [0.4, 0.5) is 5.69 Å². The molecule has 31 heavy (non-hydrogen) atoms. The Hall–Kier alpha value is -3.66. The Morgan fingerprint density at radius 2 is 1.97 bits per heavy atom. The number of nitro benzene ring substituents is 1. The number of hydrogen-bond acceptors (Lipinski definition) is 7. The lowest BCUT2D eigenvalue weighted by atomic mass is 10.1. The molecule has 1 aromatic heterocycles. The first-order valence-electron chi connectivity index (χ1n) is 9.84. The highest BCUT2D eigenvalue weighted by atomic mass is 16.7. The number of imidazole rings is 1. The molecule has 0 unspecified atom stereocenters. The van der Waals surface area contributed by atoms with Crippen LogP contribution in [0.5, 0.6) is 5.75 Å². The van der Waals surface area contributed by atoms with Gasteiger partial charge in [0, 0.05) is 36.3 Å². The number of ether oxygens (including phenoxy) is 3. The van der Waals surface area contributed by atoms with Crippen LogP contribution in [0.15, 0.2) is 41.2 Å². The topological polar surface area (TPSA) is 115 Å². The van der Waals surface area contributed by atoms with Crippen molar-refractivity contribution >= 4 is 22.7 Å². The summed E-state index contributed by atoms with van der Waals surface area (Å²) in [5.41, 5.74) is 2.19. The number of nitro groups is 1. The van der Waals surface area contributed by atoms with Crippen molar-refractivity contribution in [2.24, 2.45) is 0 Å². The van der Waals surface area contributed by atoms with Crippen LogP contribution in [0, 0.1) is 10.1 Å². The molecule has 10 heteroatoms. The van der Waals surface area contributed by atoms with Gasteiger partial charge in [0.15, 0.2) is 6.79 Å². The third kappa shape index (κ3) is 4.02. The maximum atomic E-state index is 12.7. The lowest BCUT2D eigenvalue weighted by Gasteiger charge is -2.20. The Morgan fingerprint density at radius 1 is 1.23 bits per heavy atom. The summed E-state index contributed by atoms with van der Waals surface area (Å²) in [6.45, 7) is 2.62. The van der Waals surface area contributed by atoms with Crippen LogP contribution in [-0.2, 0) is 40.6 Å². The fourth-order valence-corrected chi connectivity index (χ4v) is 3.72. The Kier molecular flexibility index (Phi) is 5.72. The zero-order valence-corrected chi connectivity index (χ0v) is 16.9. The monoisotopic (exact) mass is 427 g/mol. The highest BCUT2D eigenvalue weighted by Gasteiger charge is 2.22. The van der Waals surface area contributed by atoms with Crippen LogP contribution >= 0.6 is 0 Å². The summed E-state index contributed by atoms with van der Waals surface area (Å²) in [6, 6.07) is 10.1. The molecular weight excluding hydrogens is 406 g/mol. The number of hydrogen-bond donors (Lipinski definition) is 0. The predicted octanol–water partition coefficient (Wildman–Crippen LogP) is 2.73. The van der Waals surface area contributed by atoms with Gasteiger partial charge in [-0.1, -0.05) is 12.1 Å². The van der Waals surface area contributed by atoms with Crippen molar-refractivity contribution in [1.82, 2.24) is 9.13 Å². The van der Waals surface area contributed by atoms with E-state index in [2.05, 4.69) is 0 Å². The summed E-state index contributed by atoms with van der Waals surface area (Å²) in [6.07, 6.45) is -0.0152. The van der Waals surface area contributed by atoms with Gasteiger partial charge in [-0.3, -0.25) is 24.0 Å². The van der Waals surface area contributed by atoms with E-state index in [4.69, 9.17) is 14.2 Å². The maximum Gasteiger partial charge on any atom is 0.329 e. The van der Waals surface area contributed by atoms with Gasteiger partial charge < -0.3 is 14.2 Å². The average Bonchev–Trinajstić information content (AvgIpc) is 3.06. The predicted molar refractivity (Wildman–Crippen MR) is 110 cm³/mol. The summed E-state index contributed by atoms with van der Waals surface area (Å²) >= 11 is 0. The largest absolute Gasteiger partial charge is 0.467 e. The normalized spacial score (nSPS) is 12.9. The fourth-order valence-electron chi connectivity index (χ4n) is 3.72. The molecule has 0 aliphatic carbocycles. The van der Waals surface area contributed by atoms with Gasteiger partial charge in [0.25, 0.3) is 5.69 Å². The molecular formula is C21H21N3O7. The quantitative estimate of drug-likeness (QED) is 0.323. The van der Waals surface area contributed by atoms with Crippen LogP contribution in [0.3, 0.4) is 0 Å². The highest BCUT2D eigenvalue weighted by molar-refractivity contribution is 5.76. The summed E-state index contributed by atoms with van der Waals surface area (Å²) < 4.78 is 19.1. The Morgan fingerprint density at radius 3 is 2.68 bits per heavy atom. The van der Waals surface area contributed by atoms with Crippen LogP contribution in [0.25, 0.3) is 11.0 Å². The van der Waals surface area contributed by atoms with E-state index in [-0.39, 0.29) is 44.3 Å². The van der Waals surface area contributed by atoms with Gasteiger partial charge in [0.05, 0.1) is 29.0 Å². The van der Waals surface area contributed by atoms with Crippen molar-refractivity contribution < 1.29 is 23.9 Å². The van der Waals surface area contributed by atoms with Gasteiger partial charge >= 0.3 is 11.7 Å². The molecule has 3 aromatic rings. The number of esters is 1. The standard InChI is InChI=1S/C21H21N3O7/c1-2-22-17-5-3-4-6-18(17)23(21(22)26)8-7-19(25)30-12-15-10-16(24(27)28)9-14-11-29-13-31-20(14)15/h3-6,9-10H,2,7-8,11-13H2,1H3. The molecule has 0 fully saturated rings. The number of carbonyl (C=O) groups excluding carboxylic acids is 1. The number of rotatable bonds is 7. The maximum absolute atomic E-state index is 12.7. The minimum Gasteiger partial charge on any atom is -0.467 e. The van der Waals surface area contributed by atoms with Gasteiger partial charge in [0.2, 0.25) is 0 Å². The second-order valence-corrected chi connectivity index (χ2v) is 7.04. The molecule has 0 spiro atoms. The average molecular weight is 427 g/mol. The molecule has 0 radical (unpaired) electrons. The van der Waals surface area contributed by atoms with Gasteiger partial charge in [0.1, 0.15) is 12.4 Å². The Labute approximate surface area is 176 Å². The molecule has 0 N–H and O–H groups in total. The van der Waals surface area contributed by atoms with Crippen molar-refractivity contribution in [2.45, 2.75) is 39.6 Å². The first-order chi connectivity index (χ1) is 15.0. The molecule has 0 amide bonds. The summed E-state index contributed by atoms with van der Waals surface area (Å²) in [7, 11) is 0. The fraction of sp³-hybridized carbons (Fsp3) is 0.333. The summed E-state index contributed by atoms with van der Waals surface area (Å²) in [5, 5.41) is 11.2. The van der Waals surface area contributed by atoms with Crippen molar-refractivity contribution in [3.05, 3.63) is 68.1 Å². The number of aromatic nitrogens is 2. The van der Waals surface area contributed by atoms with E-state index in [1.807, 2.05) is 31.2 Å².